The third kappa shape index (κ3) is 4.44. The summed E-state index contributed by atoms with van der Waals surface area (Å²) in [6.07, 6.45) is 2.02. The van der Waals surface area contributed by atoms with Crippen molar-refractivity contribution in [1.29, 1.82) is 0 Å². The lowest BCUT2D eigenvalue weighted by Gasteiger charge is -2.50. The van der Waals surface area contributed by atoms with E-state index in [1.54, 1.807) is 55.5 Å². The molecule has 4 N–H and O–H groups in total. The van der Waals surface area contributed by atoms with Crippen molar-refractivity contribution in [2.75, 3.05) is 12.5 Å². The van der Waals surface area contributed by atoms with Crippen molar-refractivity contribution < 1.29 is 33.8 Å². The summed E-state index contributed by atoms with van der Waals surface area (Å²) < 4.78 is 5.41. The smallest absolute Gasteiger partial charge is 0.328 e. The van der Waals surface area contributed by atoms with Crippen LogP contribution in [0.2, 0.25) is 10.0 Å². The van der Waals surface area contributed by atoms with Gasteiger partial charge in [0.05, 0.1) is 41.0 Å². The van der Waals surface area contributed by atoms with Gasteiger partial charge < -0.3 is 15.6 Å². The molecular weight excluding hydrogens is 659 g/mol. The number of nitrogens with one attached hydrogen (secondary N) is 1. The van der Waals surface area contributed by atoms with Gasteiger partial charge in [-0.3, -0.25) is 24.6 Å². The maximum absolute atomic E-state index is 15.2. The molecule has 2 saturated heterocycles. The number of imide groups is 4. The topological polar surface area (TPSA) is 159 Å². The van der Waals surface area contributed by atoms with Crippen LogP contribution in [0, 0.1) is 30.6 Å². The molecule has 6 atom stereocenters. The van der Waals surface area contributed by atoms with Crippen LogP contribution in [-0.4, -0.2) is 51.8 Å². The Bertz CT molecular complexity index is 1960. The highest BCUT2D eigenvalue weighted by molar-refractivity contribution is 6.36. The van der Waals surface area contributed by atoms with E-state index in [4.69, 9.17) is 33.7 Å². The number of hydrazine groups is 1. The molecule has 3 fully saturated rings. The van der Waals surface area contributed by atoms with Crippen LogP contribution >= 0.6 is 23.2 Å². The molecule has 3 aromatic rings. The van der Waals surface area contributed by atoms with Crippen molar-refractivity contribution in [3.8, 4) is 11.5 Å². The van der Waals surface area contributed by atoms with Crippen LogP contribution in [0.3, 0.4) is 0 Å². The minimum Gasteiger partial charge on any atom is -0.508 e. The Kier molecular flexibility index (Phi) is 7.52. The Morgan fingerprint density at radius 1 is 0.979 bits per heavy atom. The summed E-state index contributed by atoms with van der Waals surface area (Å²) >= 11 is 12.6. The number of carbonyl (C=O) groups is 5. The summed E-state index contributed by atoms with van der Waals surface area (Å²) in [7, 11) is 1.52. The lowest BCUT2D eigenvalue weighted by molar-refractivity contribution is -0.139. The number of hydrogen-bond donors (Lipinski definition) is 3. The average Bonchev–Trinajstić information content (AvgIpc) is 3.44. The lowest BCUT2D eigenvalue weighted by Crippen LogP contribution is -2.53. The number of nitrogens with zero attached hydrogens (tertiary/aromatic N) is 2. The Hall–Kier alpha value is -4.87. The van der Waals surface area contributed by atoms with Gasteiger partial charge in [-0.1, -0.05) is 59.1 Å². The van der Waals surface area contributed by atoms with Gasteiger partial charge in [0.2, 0.25) is 11.8 Å². The summed E-state index contributed by atoms with van der Waals surface area (Å²) in [6.45, 7) is 1.73. The van der Waals surface area contributed by atoms with E-state index < -0.39 is 64.7 Å². The van der Waals surface area contributed by atoms with Gasteiger partial charge in [0.1, 0.15) is 11.5 Å². The van der Waals surface area contributed by atoms with Gasteiger partial charge in [0.25, 0.3) is 11.8 Å². The van der Waals surface area contributed by atoms with E-state index >= 15 is 4.79 Å². The van der Waals surface area contributed by atoms with E-state index in [-0.39, 0.29) is 29.3 Å². The number of carbonyl (C=O) groups excluding carboxylic acids is 5. The highest BCUT2D eigenvalue weighted by Crippen LogP contribution is 2.64. The van der Waals surface area contributed by atoms with Gasteiger partial charge in [0.15, 0.2) is 0 Å². The number of fused-ring (bicyclic) bond motifs is 4. The third-order valence-corrected chi connectivity index (χ3v) is 10.9. The van der Waals surface area contributed by atoms with Crippen LogP contribution in [0.4, 0.5) is 10.5 Å². The number of phenolic OH excluding ortho intramolecular Hbond substituents is 1. The number of amides is 6. The van der Waals surface area contributed by atoms with Crippen LogP contribution in [0.1, 0.15) is 35.4 Å². The molecule has 3 aromatic carbocycles. The van der Waals surface area contributed by atoms with Gasteiger partial charge in [0, 0.05) is 10.9 Å². The minimum atomic E-state index is -1.55. The second kappa shape index (κ2) is 11.4. The van der Waals surface area contributed by atoms with Gasteiger partial charge in [-0.2, -0.15) is 9.91 Å². The first-order valence-corrected chi connectivity index (χ1v) is 16.1. The first kappa shape index (κ1) is 31.7. The molecule has 0 bridgehead atoms. The fourth-order valence-corrected chi connectivity index (χ4v) is 8.74. The second-order valence-electron chi connectivity index (χ2n) is 12.6. The Morgan fingerprint density at radius 2 is 1.71 bits per heavy atom. The third-order valence-electron chi connectivity index (χ3n) is 10.4. The van der Waals surface area contributed by atoms with E-state index in [0.717, 1.165) is 5.01 Å². The number of aryl methyl sites for hydroxylation is 1. The molecule has 2 heterocycles. The van der Waals surface area contributed by atoms with Crippen molar-refractivity contribution in [3.05, 3.63) is 99.0 Å². The molecule has 0 radical (unpaired) electrons. The molecule has 6 amide bonds. The SMILES string of the molecule is COc1ccc([C@@]23C(=O)N(Nc4ccc(Cl)cc4Cl)C(=O)[C@@H]2C[C@@H]2C(=CC[C@@H]4C(=O)N(C(N)=O)C(=O)[C@@H]42)[C@@H]3c2ccc(O)c(C)c2)cc1. The molecule has 2 aliphatic heterocycles. The van der Waals surface area contributed by atoms with E-state index in [9.17, 15) is 24.3 Å². The van der Waals surface area contributed by atoms with Gasteiger partial charge in [-0.15, -0.1) is 0 Å². The number of halogens is 2. The summed E-state index contributed by atoms with van der Waals surface area (Å²) in [6, 6.07) is 15.4. The van der Waals surface area contributed by atoms with Crippen molar-refractivity contribution in [2.24, 2.45) is 29.4 Å². The maximum atomic E-state index is 15.2. The van der Waals surface area contributed by atoms with E-state index in [1.807, 2.05) is 6.08 Å². The first-order chi connectivity index (χ1) is 22.9. The predicted octanol–water partition coefficient (Wildman–Crippen LogP) is 5.08. The van der Waals surface area contributed by atoms with Crippen LogP contribution in [0.5, 0.6) is 11.5 Å². The number of nitrogens with two attached hydrogens (primary N) is 1. The number of rotatable bonds is 5. The number of methoxy groups -OCH3 is 1. The number of allylic oxidation sites excluding steroid dienone is 2. The molecule has 7 rings (SSSR count). The Balaban J connectivity index is 1.47. The predicted molar refractivity (Wildman–Crippen MR) is 175 cm³/mol. The zero-order valence-corrected chi connectivity index (χ0v) is 27.3. The number of phenols is 1. The van der Waals surface area contributed by atoms with Gasteiger partial charge >= 0.3 is 6.03 Å². The van der Waals surface area contributed by atoms with E-state index in [1.165, 1.54) is 19.2 Å². The first-order valence-electron chi connectivity index (χ1n) is 15.3. The van der Waals surface area contributed by atoms with Crippen molar-refractivity contribution in [2.45, 2.75) is 31.1 Å². The molecule has 1 saturated carbocycles. The number of benzene rings is 3. The van der Waals surface area contributed by atoms with Crippen LogP contribution in [0.15, 0.2) is 72.3 Å². The number of primary amides is 1. The molecule has 13 heteroatoms. The molecule has 4 aliphatic rings. The zero-order valence-electron chi connectivity index (χ0n) is 25.8. The van der Waals surface area contributed by atoms with Gasteiger partial charge in [-0.25, -0.2) is 4.79 Å². The highest BCUT2D eigenvalue weighted by Gasteiger charge is 2.70. The van der Waals surface area contributed by atoms with Crippen LogP contribution < -0.4 is 15.9 Å². The van der Waals surface area contributed by atoms with Crippen LogP contribution in [0.25, 0.3) is 0 Å². The monoisotopic (exact) mass is 688 g/mol. The Labute approximate surface area is 285 Å². The average molecular weight is 690 g/mol. The number of urea groups is 1. The number of ether oxygens (including phenoxy) is 1. The standard InChI is InChI=1S/C35H30Cl2N4O7/c1-16-13-17(3-12-27(16)42)29-21-9-10-22-28(32(45)40(30(22)43)34(38)47)23(21)15-24-31(44)41(39-26-11-6-19(36)14-25(26)37)33(46)35(24,29)18-4-7-20(48-2)8-5-18/h3-9,11-14,22-24,28-29,39,42H,10,15H2,1-2H3,(H2,38,47)/t22-,23+,24-,28-,29-,35+/m0/s1. The molecular formula is C35H30Cl2N4O7. The fraction of sp³-hybridized carbons (Fsp3) is 0.286. The van der Waals surface area contributed by atoms with Crippen molar-refractivity contribution in [1.82, 2.24) is 9.91 Å². The quantitative estimate of drug-likeness (QED) is 0.247. The number of likely N-dealkylation sites (tertiary alicyclic amines) is 1. The largest absolute Gasteiger partial charge is 0.508 e. The second-order valence-corrected chi connectivity index (χ2v) is 13.5. The summed E-state index contributed by atoms with van der Waals surface area (Å²) in [4.78, 5) is 69.6. The Morgan fingerprint density at radius 3 is 2.35 bits per heavy atom. The van der Waals surface area contributed by atoms with E-state index in [2.05, 4.69) is 5.43 Å². The molecule has 0 spiro atoms. The maximum Gasteiger partial charge on any atom is 0.328 e. The molecule has 2 aliphatic carbocycles. The highest BCUT2D eigenvalue weighted by atomic mass is 35.5. The molecule has 48 heavy (non-hydrogen) atoms. The normalized spacial score (nSPS) is 27.8. The number of aromatic hydroxyl groups is 1. The number of anilines is 1. The zero-order chi connectivity index (χ0) is 34.2. The van der Waals surface area contributed by atoms with Crippen LogP contribution in [-0.2, 0) is 24.6 Å². The lowest BCUT2D eigenvalue weighted by atomic mass is 9.49. The molecule has 0 unspecified atom stereocenters. The molecule has 0 aromatic heterocycles. The fourth-order valence-electron chi connectivity index (χ4n) is 8.29. The molecule has 11 nitrogen and oxygen atoms in total. The number of hydrogen-bond acceptors (Lipinski definition) is 8. The summed E-state index contributed by atoms with van der Waals surface area (Å²) in [5.41, 5.74) is 9.51. The summed E-state index contributed by atoms with van der Waals surface area (Å²) in [5.74, 6) is -6.29. The van der Waals surface area contributed by atoms with E-state index in [0.29, 0.717) is 37.9 Å². The summed E-state index contributed by atoms with van der Waals surface area (Å²) in [5, 5.41) is 12.0. The minimum absolute atomic E-state index is 0.0231. The van der Waals surface area contributed by atoms with Crippen molar-refractivity contribution >= 4 is 58.5 Å². The van der Waals surface area contributed by atoms with Gasteiger partial charge in [-0.05, 0) is 78.8 Å². The molecule has 246 valence electrons. The van der Waals surface area contributed by atoms with Crippen molar-refractivity contribution in [3.63, 3.8) is 0 Å².